The second kappa shape index (κ2) is 12.1. The Hall–Kier alpha value is -1.26. The van der Waals surface area contributed by atoms with Crippen LogP contribution in [0.15, 0.2) is 0 Å². The van der Waals surface area contributed by atoms with Crippen LogP contribution in [0.5, 0.6) is 0 Å². The summed E-state index contributed by atoms with van der Waals surface area (Å²) in [6, 6.07) is -1.95. The molecule has 9 atom stereocenters. The van der Waals surface area contributed by atoms with E-state index in [1.165, 1.54) is 21.0 Å². The summed E-state index contributed by atoms with van der Waals surface area (Å²) < 4.78 is 16.1. The number of methoxy groups -OCH3 is 1. The van der Waals surface area contributed by atoms with Gasteiger partial charge in [0.1, 0.15) is 24.4 Å². The van der Waals surface area contributed by atoms with Crippen LogP contribution in [-0.2, 0) is 23.8 Å². The molecule has 0 aliphatic heterocycles. The Morgan fingerprint density at radius 1 is 1.29 bits per heavy atom. The van der Waals surface area contributed by atoms with Crippen molar-refractivity contribution < 1.29 is 44.2 Å². The number of carbonyl (C=O) groups is 2. The van der Waals surface area contributed by atoms with Gasteiger partial charge in [-0.3, -0.25) is 15.3 Å². The molecular weight excluding hydrogens is 416 g/mol. The van der Waals surface area contributed by atoms with Crippen LogP contribution in [0, 0.1) is 0 Å². The van der Waals surface area contributed by atoms with Crippen LogP contribution < -0.4 is 22.5 Å². The fourth-order valence-electron chi connectivity index (χ4n) is 3.14. The van der Waals surface area contributed by atoms with E-state index in [0.29, 0.717) is 0 Å². The van der Waals surface area contributed by atoms with Gasteiger partial charge in [0.05, 0.1) is 18.8 Å². The molecule has 1 saturated carbocycles. The van der Waals surface area contributed by atoms with Crippen molar-refractivity contribution in [3.63, 3.8) is 0 Å². The van der Waals surface area contributed by atoms with Gasteiger partial charge in [-0.2, -0.15) is 0 Å². The van der Waals surface area contributed by atoms with Gasteiger partial charge in [0.2, 0.25) is 12.1 Å². The van der Waals surface area contributed by atoms with Gasteiger partial charge in [-0.1, -0.05) is 0 Å². The van der Waals surface area contributed by atoms with E-state index in [-0.39, 0.29) is 26.0 Å². The summed E-state index contributed by atoms with van der Waals surface area (Å²) in [5.74, 6) is -1.70. The molecule has 13 nitrogen and oxygen atoms in total. The highest BCUT2D eigenvalue weighted by molar-refractivity contribution is 6.36. The molecule has 11 N–H and O–H groups in total. The average Bonchev–Trinajstić information content (AvgIpc) is 2.66. The number of carbonyl (C=O) groups excluding carboxylic acids is 2. The molecule has 1 aliphatic rings. The van der Waals surface area contributed by atoms with Gasteiger partial charge in [-0.05, 0) is 26.8 Å². The second-order valence-electron chi connectivity index (χ2n) is 7.95. The van der Waals surface area contributed by atoms with E-state index in [2.05, 4.69) is 5.32 Å². The number of hydrogen-bond donors (Lipinski definition) is 8. The molecule has 0 aromatic rings. The van der Waals surface area contributed by atoms with Gasteiger partial charge in [-0.15, -0.1) is 0 Å². The Kier molecular flexibility index (Phi) is 10.8. The lowest BCUT2D eigenvalue weighted by Crippen LogP contribution is -2.66. The van der Waals surface area contributed by atoms with E-state index < -0.39 is 66.3 Å². The lowest BCUT2D eigenvalue weighted by Gasteiger charge is -2.44. The average molecular weight is 453 g/mol. The Balaban J connectivity index is 2.91. The first-order valence-electron chi connectivity index (χ1n) is 9.98. The Morgan fingerprint density at radius 3 is 2.39 bits per heavy atom. The monoisotopic (exact) mass is 452 g/mol. The predicted molar refractivity (Wildman–Crippen MR) is 107 cm³/mol. The van der Waals surface area contributed by atoms with E-state index in [9.17, 15) is 30.0 Å². The number of ketones is 1. The third kappa shape index (κ3) is 7.98. The molecule has 1 amide bonds. The molecule has 31 heavy (non-hydrogen) atoms. The standard InChI is InChI=1S/C18H36N4O9/c1-8(23)12(7-29-3)30-17(18(2,21)28)31-15-9(20)6-10(13(25)14(15)26)22-16(27)11(24)4-5-19/h8-10,12-15,17,23,25-26,28H,4-7,19-21H2,1-3H3,(H,22,27)/t8-,9?,10+,12?,13?,14+,15+,17?,18?/m0/s1. The normalized spacial score (nSPS) is 31.4. The summed E-state index contributed by atoms with van der Waals surface area (Å²) >= 11 is 0. The predicted octanol–water partition coefficient (Wildman–Crippen LogP) is -4.37. The Morgan fingerprint density at radius 2 is 1.90 bits per heavy atom. The summed E-state index contributed by atoms with van der Waals surface area (Å²) in [6.07, 6.45) is -8.10. The molecule has 0 radical (unpaired) electrons. The minimum absolute atomic E-state index is 0.00550. The smallest absolute Gasteiger partial charge is 0.287 e. The number of hydrogen-bond acceptors (Lipinski definition) is 12. The summed E-state index contributed by atoms with van der Waals surface area (Å²) in [5.41, 5.74) is 15.0. The molecule has 0 bridgehead atoms. The summed E-state index contributed by atoms with van der Waals surface area (Å²) in [4.78, 5) is 23.5. The Bertz CT molecular complexity index is 587. The van der Waals surface area contributed by atoms with Crippen molar-refractivity contribution in [2.75, 3.05) is 20.3 Å². The van der Waals surface area contributed by atoms with Crippen LogP contribution in [0.2, 0.25) is 0 Å². The Labute approximate surface area is 180 Å². The number of aliphatic hydroxyl groups excluding tert-OH is 3. The highest BCUT2D eigenvalue weighted by atomic mass is 16.7. The van der Waals surface area contributed by atoms with E-state index >= 15 is 0 Å². The quantitative estimate of drug-likeness (QED) is 0.104. The zero-order valence-electron chi connectivity index (χ0n) is 18.0. The molecule has 0 aromatic carbocycles. The molecule has 0 saturated heterocycles. The lowest BCUT2D eigenvalue weighted by atomic mass is 9.84. The highest BCUT2D eigenvalue weighted by Crippen LogP contribution is 2.26. The van der Waals surface area contributed by atoms with Crippen LogP contribution in [0.1, 0.15) is 26.7 Å². The maximum Gasteiger partial charge on any atom is 0.287 e. The molecule has 13 heteroatoms. The van der Waals surface area contributed by atoms with Crippen LogP contribution in [0.4, 0.5) is 0 Å². The molecule has 0 spiro atoms. The summed E-state index contributed by atoms with van der Waals surface area (Å²) in [6.45, 7) is 2.58. The van der Waals surface area contributed by atoms with Crippen molar-refractivity contribution in [2.45, 2.75) is 81.3 Å². The second-order valence-corrected chi connectivity index (χ2v) is 7.95. The zero-order chi connectivity index (χ0) is 23.9. The number of nitrogens with one attached hydrogen (secondary N) is 1. The number of aliphatic hydroxyl groups is 4. The van der Waals surface area contributed by atoms with E-state index in [1.54, 1.807) is 0 Å². The molecular formula is C18H36N4O9. The van der Waals surface area contributed by atoms with Crippen molar-refractivity contribution in [2.24, 2.45) is 17.2 Å². The third-order valence-electron chi connectivity index (χ3n) is 4.91. The molecule has 1 aliphatic carbocycles. The van der Waals surface area contributed by atoms with Crippen molar-refractivity contribution in [1.82, 2.24) is 5.32 Å². The molecule has 182 valence electrons. The number of amides is 1. The maximum absolute atomic E-state index is 11.9. The number of ether oxygens (including phenoxy) is 3. The van der Waals surface area contributed by atoms with Crippen LogP contribution >= 0.6 is 0 Å². The largest absolute Gasteiger partial charge is 0.391 e. The molecule has 0 heterocycles. The SMILES string of the molecule is COCC(OC(O[C@@H]1C(N)C[C@@H](NC(=O)C(=O)CCN)C(O)[C@H]1O)C(C)(N)O)[C@H](C)O. The molecule has 1 fully saturated rings. The van der Waals surface area contributed by atoms with E-state index in [1.807, 2.05) is 0 Å². The molecule has 1 rings (SSSR count). The van der Waals surface area contributed by atoms with E-state index in [4.69, 9.17) is 31.4 Å². The minimum atomic E-state index is -2.06. The number of rotatable bonds is 12. The van der Waals surface area contributed by atoms with Crippen molar-refractivity contribution >= 4 is 11.7 Å². The van der Waals surface area contributed by atoms with Crippen LogP contribution in [0.25, 0.3) is 0 Å². The zero-order valence-corrected chi connectivity index (χ0v) is 18.0. The van der Waals surface area contributed by atoms with Gasteiger partial charge in [0.25, 0.3) is 5.91 Å². The lowest BCUT2D eigenvalue weighted by molar-refractivity contribution is -0.298. The van der Waals surface area contributed by atoms with Crippen molar-refractivity contribution in [3.8, 4) is 0 Å². The van der Waals surface area contributed by atoms with Crippen molar-refractivity contribution in [1.29, 1.82) is 0 Å². The summed E-state index contributed by atoms with van der Waals surface area (Å²) in [5, 5.41) is 43.4. The minimum Gasteiger partial charge on any atom is -0.391 e. The fraction of sp³-hybridized carbons (Fsp3) is 0.889. The number of nitrogens with two attached hydrogens (primary N) is 3. The van der Waals surface area contributed by atoms with Crippen LogP contribution in [-0.4, -0.2) is 107 Å². The highest BCUT2D eigenvalue weighted by Gasteiger charge is 2.47. The first-order chi connectivity index (χ1) is 14.3. The topological polar surface area (TPSA) is 233 Å². The van der Waals surface area contributed by atoms with Crippen LogP contribution in [0.3, 0.4) is 0 Å². The molecule has 5 unspecified atom stereocenters. The first kappa shape index (κ1) is 27.8. The van der Waals surface area contributed by atoms with E-state index in [0.717, 1.165) is 0 Å². The number of Topliss-reactive ketones (excluding diaryl/α,β-unsaturated/α-hetero) is 1. The van der Waals surface area contributed by atoms with Gasteiger partial charge in [0.15, 0.2) is 5.72 Å². The van der Waals surface area contributed by atoms with Gasteiger partial charge in [0, 0.05) is 19.6 Å². The van der Waals surface area contributed by atoms with Gasteiger partial charge < -0.3 is 51.4 Å². The summed E-state index contributed by atoms with van der Waals surface area (Å²) in [7, 11) is 1.39. The third-order valence-corrected chi connectivity index (χ3v) is 4.91. The fourth-order valence-corrected chi connectivity index (χ4v) is 3.14. The first-order valence-corrected chi connectivity index (χ1v) is 9.98. The van der Waals surface area contributed by atoms with Gasteiger partial charge >= 0.3 is 0 Å². The maximum atomic E-state index is 11.9. The molecule has 0 aromatic heterocycles. The van der Waals surface area contributed by atoms with Gasteiger partial charge in [-0.25, -0.2) is 0 Å². The van der Waals surface area contributed by atoms with Crippen molar-refractivity contribution in [3.05, 3.63) is 0 Å².